The van der Waals surface area contributed by atoms with Gasteiger partial charge in [0.05, 0.1) is 13.4 Å². The number of imidazole rings is 1. The topological polar surface area (TPSA) is 73.2 Å². The number of rotatable bonds is 5. The van der Waals surface area contributed by atoms with Gasteiger partial charge in [0.2, 0.25) is 0 Å². The summed E-state index contributed by atoms with van der Waals surface area (Å²) in [6, 6.07) is 0. The summed E-state index contributed by atoms with van der Waals surface area (Å²) in [5.41, 5.74) is -0.735. The van der Waals surface area contributed by atoms with Gasteiger partial charge in [0.15, 0.2) is 0 Å². The third-order valence-corrected chi connectivity index (χ3v) is 2.71. The number of nitrogens with one attached hydrogen (secondary N) is 1. The van der Waals surface area contributed by atoms with Crippen molar-refractivity contribution in [2.75, 3.05) is 7.11 Å². The predicted molar refractivity (Wildman–Crippen MR) is 66.0 cm³/mol. The lowest BCUT2D eigenvalue weighted by molar-refractivity contribution is -0.147. The first kappa shape index (κ1) is 14.2. The Morgan fingerprint density at radius 1 is 1.56 bits per heavy atom. The first-order chi connectivity index (χ1) is 8.42. The molecule has 0 radical (unpaired) electrons. The lowest BCUT2D eigenvalue weighted by Gasteiger charge is -2.27. The minimum Gasteiger partial charge on any atom is -0.467 e. The van der Waals surface area contributed by atoms with E-state index in [0.717, 1.165) is 6.42 Å². The SMILES string of the molecule is CCCC(C)(NC(=O)c1cn(C)cn1)C(=O)OC. The van der Waals surface area contributed by atoms with Crippen LogP contribution < -0.4 is 5.32 Å². The molecular weight excluding hydrogens is 234 g/mol. The number of nitrogens with zero attached hydrogens (tertiary/aromatic N) is 2. The molecule has 1 heterocycles. The van der Waals surface area contributed by atoms with E-state index in [9.17, 15) is 9.59 Å². The summed E-state index contributed by atoms with van der Waals surface area (Å²) in [7, 11) is 3.08. The number of methoxy groups -OCH3 is 1. The van der Waals surface area contributed by atoms with E-state index in [0.29, 0.717) is 6.42 Å². The van der Waals surface area contributed by atoms with Crippen molar-refractivity contribution in [2.24, 2.45) is 7.05 Å². The zero-order valence-electron chi connectivity index (χ0n) is 11.2. The zero-order valence-corrected chi connectivity index (χ0v) is 11.2. The van der Waals surface area contributed by atoms with E-state index in [1.54, 1.807) is 24.7 Å². The molecule has 1 N–H and O–H groups in total. The maximum atomic E-state index is 12.0. The highest BCUT2D eigenvalue weighted by Crippen LogP contribution is 2.15. The smallest absolute Gasteiger partial charge is 0.331 e. The van der Waals surface area contributed by atoms with Crippen LogP contribution in [0.5, 0.6) is 0 Å². The number of hydrogen-bond donors (Lipinski definition) is 1. The highest BCUT2D eigenvalue weighted by molar-refractivity contribution is 5.96. The molecule has 1 atom stereocenters. The maximum Gasteiger partial charge on any atom is 0.331 e. The molecule has 0 aliphatic carbocycles. The number of aryl methyl sites for hydroxylation is 1. The molecule has 1 aromatic heterocycles. The molecule has 100 valence electrons. The van der Waals surface area contributed by atoms with Crippen LogP contribution in [0, 0.1) is 0 Å². The van der Waals surface area contributed by atoms with Gasteiger partial charge in [-0.25, -0.2) is 9.78 Å². The number of carbonyl (C=O) groups is 2. The first-order valence-corrected chi connectivity index (χ1v) is 5.82. The number of ether oxygens (including phenoxy) is 1. The summed E-state index contributed by atoms with van der Waals surface area (Å²) in [4.78, 5) is 27.7. The molecule has 1 amide bonds. The Morgan fingerprint density at radius 3 is 2.67 bits per heavy atom. The van der Waals surface area contributed by atoms with Gasteiger partial charge in [0, 0.05) is 13.2 Å². The molecule has 1 aromatic rings. The number of esters is 1. The third-order valence-electron chi connectivity index (χ3n) is 2.71. The van der Waals surface area contributed by atoms with Gasteiger partial charge in [-0.05, 0) is 13.3 Å². The Kier molecular flexibility index (Phi) is 4.47. The van der Waals surface area contributed by atoms with Gasteiger partial charge in [0.1, 0.15) is 11.2 Å². The summed E-state index contributed by atoms with van der Waals surface area (Å²) in [6.07, 6.45) is 4.40. The van der Waals surface area contributed by atoms with Crippen LogP contribution in [-0.4, -0.2) is 34.1 Å². The van der Waals surface area contributed by atoms with E-state index in [-0.39, 0.29) is 11.6 Å². The van der Waals surface area contributed by atoms with Gasteiger partial charge in [-0.2, -0.15) is 0 Å². The van der Waals surface area contributed by atoms with Gasteiger partial charge in [-0.1, -0.05) is 13.3 Å². The molecular formula is C12H19N3O3. The van der Waals surface area contributed by atoms with Crippen LogP contribution in [0.2, 0.25) is 0 Å². The van der Waals surface area contributed by atoms with E-state index < -0.39 is 11.5 Å². The summed E-state index contributed by atoms with van der Waals surface area (Å²) < 4.78 is 6.40. The van der Waals surface area contributed by atoms with E-state index >= 15 is 0 Å². The van der Waals surface area contributed by atoms with Crippen molar-refractivity contribution in [3.63, 3.8) is 0 Å². The van der Waals surface area contributed by atoms with Crippen LogP contribution in [0.25, 0.3) is 0 Å². The fourth-order valence-corrected chi connectivity index (χ4v) is 1.79. The fraction of sp³-hybridized carbons (Fsp3) is 0.583. The van der Waals surface area contributed by atoms with E-state index in [2.05, 4.69) is 10.3 Å². The Labute approximate surface area is 106 Å². The molecule has 0 spiro atoms. The normalized spacial score (nSPS) is 13.8. The fourth-order valence-electron chi connectivity index (χ4n) is 1.79. The first-order valence-electron chi connectivity index (χ1n) is 5.82. The molecule has 6 heteroatoms. The molecule has 1 rings (SSSR count). The van der Waals surface area contributed by atoms with Gasteiger partial charge in [-0.3, -0.25) is 4.79 Å². The maximum absolute atomic E-state index is 12.0. The van der Waals surface area contributed by atoms with E-state index in [1.807, 2.05) is 6.92 Å². The van der Waals surface area contributed by atoms with Crippen LogP contribution in [0.1, 0.15) is 37.2 Å². The molecule has 0 bridgehead atoms. The lowest BCUT2D eigenvalue weighted by Crippen LogP contribution is -2.52. The highest BCUT2D eigenvalue weighted by Gasteiger charge is 2.35. The Hall–Kier alpha value is -1.85. The number of carbonyl (C=O) groups excluding carboxylic acids is 2. The van der Waals surface area contributed by atoms with Crippen molar-refractivity contribution in [3.8, 4) is 0 Å². The molecule has 0 aromatic carbocycles. The molecule has 6 nitrogen and oxygen atoms in total. The van der Waals surface area contributed by atoms with E-state index in [4.69, 9.17) is 4.74 Å². The predicted octanol–water partition coefficient (Wildman–Crippen LogP) is 0.882. The average Bonchev–Trinajstić information content (AvgIpc) is 2.75. The summed E-state index contributed by atoms with van der Waals surface area (Å²) >= 11 is 0. The Balaban J connectivity index is 2.84. The van der Waals surface area contributed by atoms with Crippen molar-refractivity contribution >= 4 is 11.9 Å². The standard InChI is InChI=1S/C12H19N3O3/c1-5-6-12(2,11(17)18-4)14-10(16)9-7-15(3)8-13-9/h7-8H,5-6H2,1-4H3,(H,14,16). The summed E-state index contributed by atoms with van der Waals surface area (Å²) in [5, 5.41) is 2.69. The van der Waals surface area contributed by atoms with Gasteiger partial charge in [-0.15, -0.1) is 0 Å². The second-order valence-electron chi connectivity index (χ2n) is 4.45. The van der Waals surface area contributed by atoms with Crippen LogP contribution in [-0.2, 0) is 16.6 Å². The number of aromatic nitrogens is 2. The molecule has 0 fully saturated rings. The summed E-state index contributed by atoms with van der Waals surface area (Å²) in [6.45, 7) is 3.59. The Bertz CT molecular complexity index is 442. The second-order valence-corrected chi connectivity index (χ2v) is 4.45. The van der Waals surface area contributed by atoms with Crippen molar-refractivity contribution in [1.82, 2.24) is 14.9 Å². The molecule has 18 heavy (non-hydrogen) atoms. The van der Waals surface area contributed by atoms with Gasteiger partial charge >= 0.3 is 5.97 Å². The van der Waals surface area contributed by atoms with Crippen molar-refractivity contribution in [2.45, 2.75) is 32.2 Å². The molecule has 0 aliphatic heterocycles. The van der Waals surface area contributed by atoms with Crippen LogP contribution in [0.4, 0.5) is 0 Å². The van der Waals surface area contributed by atoms with Crippen LogP contribution in [0.3, 0.4) is 0 Å². The molecule has 0 saturated heterocycles. The molecule has 0 saturated carbocycles. The molecule has 0 aliphatic rings. The van der Waals surface area contributed by atoms with Crippen molar-refractivity contribution < 1.29 is 14.3 Å². The second kappa shape index (κ2) is 5.66. The number of amides is 1. The largest absolute Gasteiger partial charge is 0.467 e. The minimum absolute atomic E-state index is 0.281. The molecule has 1 unspecified atom stereocenters. The lowest BCUT2D eigenvalue weighted by atomic mass is 9.96. The zero-order chi connectivity index (χ0) is 13.8. The average molecular weight is 253 g/mol. The van der Waals surface area contributed by atoms with Crippen LogP contribution >= 0.6 is 0 Å². The third kappa shape index (κ3) is 3.09. The monoisotopic (exact) mass is 253 g/mol. The Morgan fingerprint density at radius 2 is 2.22 bits per heavy atom. The minimum atomic E-state index is -1.02. The van der Waals surface area contributed by atoms with Gasteiger partial charge < -0.3 is 14.6 Å². The summed E-state index contributed by atoms with van der Waals surface area (Å²) in [5.74, 6) is -0.828. The quantitative estimate of drug-likeness (QED) is 0.791. The van der Waals surface area contributed by atoms with Crippen molar-refractivity contribution in [1.29, 1.82) is 0 Å². The van der Waals surface area contributed by atoms with Gasteiger partial charge in [0.25, 0.3) is 5.91 Å². The van der Waals surface area contributed by atoms with E-state index in [1.165, 1.54) is 13.4 Å². The highest BCUT2D eigenvalue weighted by atomic mass is 16.5. The van der Waals surface area contributed by atoms with Crippen LogP contribution in [0.15, 0.2) is 12.5 Å². The number of hydrogen-bond acceptors (Lipinski definition) is 4. The van der Waals surface area contributed by atoms with Crippen molar-refractivity contribution in [3.05, 3.63) is 18.2 Å².